The third kappa shape index (κ3) is 3.68. The molecular weight excluding hydrogens is 276 g/mol. The number of hydrogen-bond donors (Lipinski definition) is 0. The van der Waals surface area contributed by atoms with Crippen LogP contribution < -0.4 is 0 Å². The van der Waals surface area contributed by atoms with Crippen LogP contribution in [0.4, 0.5) is 4.79 Å². The molecule has 114 valence electrons. The van der Waals surface area contributed by atoms with Crippen molar-refractivity contribution in [3.8, 4) is 0 Å². The van der Waals surface area contributed by atoms with Crippen LogP contribution in [0.5, 0.6) is 0 Å². The summed E-state index contributed by atoms with van der Waals surface area (Å²) in [7, 11) is 0. The van der Waals surface area contributed by atoms with E-state index in [2.05, 4.69) is 4.98 Å². The second-order valence-electron chi connectivity index (χ2n) is 5.93. The second-order valence-corrected chi connectivity index (χ2v) is 5.93. The van der Waals surface area contributed by atoms with Crippen LogP contribution in [0.1, 0.15) is 37.7 Å². The van der Waals surface area contributed by atoms with Gasteiger partial charge in [0, 0.05) is 19.5 Å². The summed E-state index contributed by atoms with van der Waals surface area (Å²) < 4.78 is 10.0. The standard InChI is InChI=1S/C14H18N2O5/c1-14(2,3)21-13(19)16-5-4-11(17)9(6-16)12(18)10-7-20-8-15-10/h7-9H,4-6H2,1-3H3. The number of hydrogen-bond acceptors (Lipinski definition) is 6. The highest BCUT2D eigenvalue weighted by atomic mass is 16.6. The van der Waals surface area contributed by atoms with Crippen LogP contribution in [0, 0.1) is 5.92 Å². The normalized spacial score (nSPS) is 19.5. The number of oxazole rings is 1. The van der Waals surface area contributed by atoms with Crippen molar-refractivity contribution in [2.75, 3.05) is 13.1 Å². The van der Waals surface area contributed by atoms with Gasteiger partial charge in [0.15, 0.2) is 12.2 Å². The Bertz CT molecular complexity index is 544. The first-order valence-corrected chi connectivity index (χ1v) is 6.71. The monoisotopic (exact) mass is 294 g/mol. The van der Waals surface area contributed by atoms with Crippen LogP contribution in [-0.2, 0) is 9.53 Å². The molecule has 0 bridgehead atoms. The van der Waals surface area contributed by atoms with Crippen molar-refractivity contribution in [1.29, 1.82) is 0 Å². The smallest absolute Gasteiger partial charge is 0.410 e. The summed E-state index contributed by atoms with van der Waals surface area (Å²) in [4.78, 5) is 41.3. The van der Waals surface area contributed by atoms with E-state index in [1.807, 2.05) is 0 Å². The van der Waals surface area contributed by atoms with Crippen molar-refractivity contribution >= 4 is 17.7 Å². The van der Waals surface area contributed by atoms with E-state index in [0.717, 1.165) is 6.39 Å². The van der Waals surface area contributed by atoms with E-state index in [-0.39, 0.29) is 31.0 Å². The van der Waals surface area contributed by atoms with Gasteiger partial charge in [0.25, 0.3) is 0 Å². The van der Waals surface area contributed by atoms with Crippen molar-refractivity contribution in [3.05, 3.63) is 18.4 Å². The summed E-state index contributed by atoms with van der Waals surface area (Å²) in [5.74, 6) is -1.53. The number of aromatic nitrogens is 1. The van der Waals surface area contributed by atoms with Crippen LogP contribution in [0.2, 0.25) is 0 Å². The fourth-order valence-electron chi connectivity index (χ4n) is 2.07. The Morgan fingerprint density at radius 3 is 2.71 bits per heavy atom. The van der Waals surface area contributed by atoms with Gasteiger partial charge in [0.1, 0.15) is 29.3 Å². The molecule has 1 unspecified atom stereocenters. The first-order chi connectivity index (χ1) is 9.78. The molecule has 7 nitrogen and oxygen atoms in total. The van der Waals surface area contributed by atoms with Gasteiger partial charge in [-0.3, -0.25) is 9.59 Å². The molecule has 0 N–H and O–H groups in total. The highest BCUT2D eigenvalue weighted by Gasteiger charge is 2.37. The van der Waals surface area contributed by atoms with E-state index in [1.54, 1.807) is 20.8 Å². The van der Waals surface area contributed by atoms with Gasteiger partial charge in [-0.05, 0) is 20.8 Å². The topological polar surface area (TPSA) is 89.7 Å². The lowest BCUT2D eigenvalue weighted by atomic mass is 9.91. The van der Waals surface area contributed by atoms with Crippen LogP contribution in [0.3, 0.4) is 0 Å². The van der Waals surface area contributed by atoms with Gasteiger partial charge in [0.05, 0.1) is 0 Å². The summed E-state index contributed by atoms with van der Waals surface area (Å²) in [6.45, 7) is 5.56. The molecule has 21 heavy (non-hydrogen) atoms. The zero-order chi connectivity index (χ0) is 15.6. The number of carbonyl (C=O) groups is 3. The molecule has 1 aromatic heterocycles. The Hall–Kier alpha value is -2.18. The molecule has 2 rings (SSSR count). The molecule has 1 aliphatic heterocycles. The maximum absolute atomic E-state index is 12.2. The molecule has 1 amide bonds. The Kier molecular flexibility index (Phi) is 4.11. The fourth-order valence-corrected chi connectivity index (χ4v) is 2.07. The Morgan fingerprint density at radius 2 is 2.14 bits per heavy atom. The first kappa shape index (κ1) is 15.2. The molecule has 0 aromatic carbocycles. The minimum atomic E-state index is -0.906. The SMILES string of the molecule is CC(C)(C)OC(=O)N1CCC(=O)C(C(=O)c2cocn2)C1. The minimum Gasteiger partial charge on any atom is -0.451 e. The number of ether oxygens (including phenoxy) is 1. The lowest BCUT2D eigenvalue weighted by molar-refractivity contribution is -0.124. The van der Waals surface area contributed by atoms with Crippen LogP contribution in [-0.4, -0.2) is 46.2 Å². The second kappa shape index (κ2) is 5.67. The van der Waals surface area contributed by atoms with Gasteiger partial charge >= 0.3 is 6.09 Å². The van der Waals surface area contributed by atoms with E-state index in [1.165, 1.54) is 11.2 Å². The average Bonchev–Trinajstić information content (AvgIpc) is 2.90. The molecule has 1 aromatic rings. The van der Waals surface area contributed by atoms with Crippen LogP contribution >= 0.6 is 0 Å². The highest BCUT2D eigenvalue weighted by Crippen LogP contribution is 2.20. The molecule has 0 aliphatic carbocycles. The Balaban J connectivity index is 2.07. The van der Waals surface area contributed by atoms with Crippen molar-refractivity contribution in [3.63, 3.8) is 0 Å². The number of nitrogens with zero attached hydrogens (tertiary/aromatic N) is 2. The van der Waals surface area contributed by atoms with Crippen LogP contribution in [0.15, 0.2) is 17.1 Å². The Labute approximate surface area is 122 Å². The summed E-state index contributed by atoms with van der Waals surface area (Å²) in [6.07, 6.45) is 1.94. The molecule has 1 aliphatic rings. The van der Waals surface area contributed by atoms with Crippen molar-refractivity contribution < 1.29 is 23.5 Å². The van der Waals surface area contributed by atoms with Crippen molar-refractivity contribution in [2.45, 2.75) is 32.8 Å². The summed E-state index contributed by atoms with van der Waals surface area (Å²) in [5, 5.41) is 0. The third-order valence-electron chi connectivity index (χ3n) is 3.07. The number of carbonyl (C=O) groups excluding carboxylic acids is 3. The molecule has 1 atom stereocenters. The summed E-state index contributed by atoms with van der Waals surface area (Å²) in [6, 6.07) is 0. The van der Waals surface area contributed by atoms with E-state index in [4.69, 9.17) is 9.15 Å². The van der Waals surface area contributed by atoms with Gasteiger partial charge < -0.3 is 14.1 Å². The average molecular weight is 294 g/mol. The lowest BCUT2D eigenvalue weighted by Crippen LogP contribution is -2.48. The van der Waals surface area contributed by atoms with Gasteiger partial charge in [-0.2, -0.15) is 0 Å². The zero-order valence-electron chi connectivity index (χ0n) is 12.3. The van der Waals surface area contributed by atoms with Crippen molar-refractivity contribution in [2.24, 2.45) is 5.92 Å². The number of likely N-dealkylation sites (tertiary alicyclic amines) is 1. The maximum atomic E-state index is 12.2. The quantitative estimate of drug-likeness (QED) is 0.609. The predicted octanol–water partition coefficient (Wildman–Crippen LogP) is 1.68. The zero-order valence-corrected chi connectivity index (χ0v) is 12.3. The summed E-state index contributed by atoms with van der Waals surface area (Å²) >= 11 is 0. The van der Waals surface area contributed by atoms with E-state index in [0.29, 0.717) is 0 Å². The number of piperidine rings is 1. The van der Waals surface area contributed by atoms with E-state index in [9.17, 15) is 14.4 Å². The molecule has 1 fully saturated rings. The third-order valence-corrected chi connectivity index (χ3v) is 3.07. The number of Topliss-reactive ketones (excluding diaryl/α,β-unsaturated/α-hetero) is 2. The summed E-state index contributed by atoms with van der Waals surface area (Å²) in [5.41, 5.74) is -0.524. The molecular formula is C14H18N2O5. The maximum Gasteiger partial charge on any atom is 0.410 e. The largest absolute Gasteiger partial charge is 0.451 e. The Morgan fingerprint density at radius 1 is 1.43 bits per heavy atom. The minimum absolute atomic E-state index is 0.0133. The molecule has 1 saturated heterocycles. The molecule has 2 heterocycles. The molecule has 0 saturated carbocycles. The number of amides is 1. The fraction of sp³-hybridized carbons (Fsp3) is 0.571. The number of rotatable bonds is 2. The van der Waals surface area contributed by atoms with Gasteiger partial charge in [0.2, 0.25) is 0 Å². The van der Waals surface area contributed by atoms with E-state index < -0.39 is 23.4 Å². The van der Waals surface area contributed by atoms with Crippen molar-refractivity contribution in [1.82, 2.24) is 9.88 Å². The predicted molar refractivity (Wildman–Crippen MR) is 71.8 cm³/mol. The van der Waals surface area contributed by atoms with Gasteiger partial charge in [-0.1, -0.05) is 0 Å². The van der Waals surface area contributed by atoms with Gasteiger partial charge in [-0.15, -0.1) is 0 Å². The lowest BCUT2D eigenvalue weighted by Gasteiger charge is -2.32. The highest BCUT2D eigenvalue weighted by molar-refractivity contribution is 6.10. The molecule has 0 spiro atoms. The number of ketones is 2. The molecule has 7 heteroatoms. The first-order valence-electron chi connectivity index (χ1n) is 6.71. The van der Waals surface area contributed by atoms with E-state index >= 15 is 0 Å². The van der Waals surface area contributed by atoms with Crippen LogP contribution in [0.25, 0.3) is 0 Å². The molecule has 0 radical (unpaired) electrons. The van der Waals surface area contributed by atoms with Gasteiger partial charge in [-0.25, -0.2) is 9.78 Å².